The lowest BCUT2D eigenvalue weighted by Gasteiger charge is -2.10. The zero-order valence-electron chi connectivity index (χ0n) is 21.7. The Morgan fingerprint density at radius 2 is 2.03 bits per heavy atom. The standard InChI is InChI=1S/C26H28ClN9O2/c1-13(2)36-12-18(28)20(34-36)22-31-19-16(8-9-29-21(19)32-22)14-6-7-15(17(27)10-14)11-30-23(37)24-33-25(35-38-24)26(3,4)5/h6-10,12-13H,11,28H2,1-5H3,(H,30,37)(H,29,31,32). The number of H-pyrrole nitrogens is 1. The predicted molar refractivity (Wildman–Crippen MR) is 145 cm³/mol. The Hall–Kier alpha value is -4.25. The van der Waals surface area contributed by atoms with E-state index >= 15 is 0 Å². The third-order valence-electron chi connectivity index (χ3n) is 5.99. The van der Waals surface area contributed by atoms with E-state index in [4.69, 9.17) is 26.8 Å². The molecule has 0 atom stereocenters. The van der Waals surface area contributed by atoms with Crippen LogP contribution >= 0.6 is 11.6 Å². The number of halogens is 1. The van der Waals surface area contributed by atoms with E-state index in [1.807, 2.05) is 58.9 Å². The Labute approximate surface area is 223 Å². The van der Waals surface area contributed by atoms with Crippen molar-refractivity contribution >= 4 is 34.4 Å². The Morgan fingerprint density at radius 3 is 2.68 bits per heavy atom. The van der Waals surface area contributed by atoms with Crippen LogP contribution in [0.2, 0.25) is 5.02 Å². The molecule has 0 aliphatic rings. The number of anilines is 1. The Morgan fingerprint density at radius 1 is 1.24 bits per heavy atom. The van der Waals surface area contributed by atoms with Gasteiger partial charge in [0.25, 0.3) is 0 Å². The van der Waals surface area contributed by atoms with Gasteiger partial charge in [-0.2, -0.15) is 10.1 Å². The van der Waals surface area contributed by atoms with Crippen molar-refractivity contribution in [3.8, 4) is 22.6 Å². The number of nitrogens with one attached hydrogen (secondary N) is 2. The lowest BCUT2D eigenvalue weighted by atomic mass is 9.96. The molecule has 38 heavy (non-hydrogen) atoms. The summed E-state index contributed by atoms with van der Waals surface area (Å²) in [5.74, 6) is 0.450. The maximum atomic E-state index is 12.5. The van der Waals surface area contributed by atoms with Gasteiger partial charge in [0.1, 0.15) is 5.52 Å². The van der Waals surface area contributed by atoms with Gasteiger partial charge in [-0.3, -0.25) is 9.48 Å². The summed E-state index contributed by atoms with van der Waals surface area (Å²) in [5, 5.41) is 11.7. The third kappa shape index (κ3) is 4.84. The molecule has 4 N–H and O–H groups in total. The van der Waals surface area contributed by atoms with Gasteiger partial charge in [0.2, 0.25) is 0 Å². The first kappa shape index (κ1) is 25.4. The Balaban J connectivity index is 1.37. The van der Waals surface area contributed by atoms with Gasteiger partial charge in [0, 0.05) is 41.0 Å². The number of pyridine rings is 1. The van der Waals surface area contributed by atoms with E-state index in [1.165, 1.54) is 0 Å². The average molecular weight is 534 g/mol. The number of imidazole rings is 1. The van der Waals surface area contributed by atoms with Crippen LogP contribution in [0, 0.1) is 0 Å². The van der Waals surface area contributed by atoms with Crippen molar-refractivity contribution < 1.29 is 9.32 Å². The Bertz CT molecular complexity index is 1640. The molecule has 0 saturated carbocycles. The molecule has 0 aliphatic carbocycles. The summed E-state index contributed by atoms with van der Waals surface area (Å²) in [4.78, 5) is 29.1. The zero-order valence-corrected chi connectivity index (χ0v) is 22.5. The monoisotopic (exact) mass is 533 g/mol. The maximum absolute atomic E-state index is 12.5. The molecule has 196 valence electrons. The average Bonchev–Trinajstić information content (AvgIpc) is 3.60. The molecule has 4 heterocycles. The first-order valence-corrected chi connectivity index (χ1v) is 12.5. The van der Waals surface area contributed by atoms with Crippen molar-refractivity contribution in [3.63, 3.8) is 0 Å². The number of amides is 1. The molecule has 1 aromatic carbocycles. The van der Waals surface area contributed by atoms with Gasteiger partial charge < -0.3 is 20.6 Å². The fourth-order valence-corrected chi connectivity index (χ4v) is 4.09. The van der Waals surface area contributed by atoms with Gasteiger partial charge in [-0.15, -0.1) is 0 Å². The van der Waals surface area contributed by atoms with Crippen LogP contribution in [0.25, 0.3) is 33.8 Å². The molecule has 0 fully saturated rings. The number of rotatable bonds is 6. The topological polar surface area (TPSA) is 153 Å². The lowest BCUT2D eigenvalue weighted by Crippen LogP contribution is -2.23. The minimum atomic E-state index is -0.466. The van der Waals surface area contributed by atoms with Crippen LogP contribution < -0.4 is 11.1 Å². The molecule has 12 heteroatoms. The highest BCUT2D eigenvalue weighted by Gasteiger charge is 2.24. The van der Waals surface area contributed by atoms with E-state index in [2.05, 4.69) is 30.5 Å². The van der Waals surface area contributed by atoms with Gasteiger partial charge in [0.05, 0.1) is 5.69 Å². The lowest BCUT2D eigenvalue weighted by molar-refractivity contribution is 0.0907. The highest BCUT2D eigenvalue weighted by Crippen LogP contribution is 2.32. The fraction of sp³-hybridized carbons (Fsp3) is 0.308. The number of hydrogen-bond donors (Lipinski definition) is 3. The molecule has 0 saturated heterocycles. The van der Waals surface area contributed by atoms with E-state index < -0.39 is 5.91 Å². The third-order valence-corrected chi connectivity index (χ3v) is 6.34. The number of hydrogen-bond acceptors (Lipinski definition) is 8. The van der Waals surface area contributed by atoms with Crippen LogP contribution in [-0.4, -0.2) is 40.8 Å². The number of aromatic nitrogens is 7. The van der Waals surface area contributed by atoms with Gasteiger partial charge in [-0.05, 0) is 37.1 Å². The summed E-state index contributed by atoms with van der Waals surface area (Å²) in [6, 6.07) is 7.65. The van der Waals surface area contributed by atoms with Gasteiger partial charge in [-0.25, -0.2) is 9.97 Å². The number of carbonyl (C=O) groups is 1. The number of nitrogens with two attached hydrogens (primary N) is 1. The van der Waals surface area contributed by atoms with Crippen molar-refractivity contribution in [1.82, 2.24) is 40.2 Å². The molecule has 0 aliphatic heterocycles. The number of nitrogens with zero attached hydrogens (tertiary/aromatic N) is 6. The number of carbonyl (C=O) groups excluding carboxylic acids is 1. The molecule has 11 nitrogen and oxygen atoms in total. The maximum Gasteiger partial charge on any atom is 0.315 e. The van der Waals surface area contributed by atoms with Crippen LogP contribution in [0.15, 0.2) is 41.2 Å². The van der Waals surface area contributed by atoms with E-state index in [9.17, 15) is 4.79 Å². The quantitative estimate of drug-likeness (QED) is 0.278. The summed E-state index contributed by atoms with van der Waals surface area (Å²) >= 11 is 6.60. The fourth-order valence-electron chi connectivity index (χ4n) is 3.84. The smallest absolute Gasteiger partial charge is 0.315 e. The molecule has 5 rings (SSSR count). The number of nitrogen functional groups attached to an aromatic ring is 1. The largest absolute Gasteiger partial charge is 0.396 e. The normalized spacial score (nSPS) is 12.0. The first-order valence-electron chi connectivity index (χ1n) is 12.1. The predicted octanol–water partition coefficient (Wildman–Crippen LogP) is 4.92. The van der Waals surface area contributed by atoms with E-state index in [0.29, 0.717) is 39.2 Å². The van der Waals surface area contributed by atoms with Crippen LogP contribution in [0.5, 0.6) is 0 Å². The highest BCUT2D eigenvalue weighted by atomic mass is 35.5. The SMILES string of the molecule is CC(C)n1cc(N)c(-c2nc3c(-c4ccc(CNC(=O)c5nc(C(C)(C)C)no5)c(Cl)c4)ccnc3[nH]2)n1. The summed E-state index contributed by atoms with van der Waals surface area (Å²) in [6.45, 7) is 10.1. The van der Waals surface area contributed by atoms with E-state index in [0.717, 1.165) is 16.7 Å². The summed E-state index contributed by atoms with van der Waals surface area (Å²) < 4.78 is 6.91. The van der Waals surface area contributed by atoms with Crippen molar-refractivity contribution in [2.24, 2.45) is 0 Å². The first-order chi connectivity index (χ1) is 18.0. The molecule has 0 spiro atoms. The molecular weight excluding hydrogens is 506 g/mol. The summed E-state index contributed by atoms with van der Waals surface area (Å²) in [7, 11) is 0. The van der Waals surface area contributed by atoms with E-state index in [-0.39, 0.29) is 23.9 Å². The van der Waals surface area contributed by atoms with Gasteiger partial charge in [-0.1, -0.05) is 49.7 Å². The second-order valence-corrected chi connectivity index (χ2v) is 10.7. The molecule has 0 unspecified atom stereocenters. The Kier molecular flexibility index (Phi) is 6.39. The number of benzene rings is 1. The van der Waals surface area contributed by atoms with Gasteiger partial charge in [0.15, 0.2) is 23.0 Å². The summed E-state index contributed by atoms with van der Waals surface area (Å²) in [6.07, 6.45) is 3.49. The van der Waals surface area contributed by atoms with Crippen LogP contribution in [-0.2, 0) is 12.0 Å². The molecule has 0 radical (unpaired) electrons. The van der Waals surface area contributed by atoms with Crippen molar-refractivity contribution in [1.29, 1.82) is 0 Å². The molecular formula is C26H28ClN9O2. The minimum Gasteiger partial charge on any atom is -0.396 e. The summed E-state index contributed by atoms with van der Waals surface area (Å²) in [5.41, 5.74) is 10.7. The number of aromatic amines is 1. The molecule has 1 amide bonds. The second kappa shape index (κ2) is 9.56. The minimum absolute atomic E-state index is 0.0879. The van der Waals surface area contributed by atoms with E-state index in [1.54, 1.807) is 17.1 Å². The van der Waals surface area contributed by atoms with Crippen LogP contribution in [0.3, 0.4) is 0 Å². The second-order valence-electron chi connectivity index (χ2n) is 10.3. The number of fused-ring (bicyclic) bond motifs is 1. The van der Waals surface area contributed by atoms with Crippen molar-refractivity contribution in [3.05, 3.63) is 59.0 Å². The molecule has 0 bridgehead atoms. The zero-order chi connectivity index (χ0) is 27.2. The molecule has 5 aromatic rings. The van der Waals surface area contributed by atoms with Crippen LogP contribution in [0.1, 0.15) is 62.7 Å². The van der Waals surface area contributed by atoms with Crippen molar-refractivity contribution in [2.75, 3.05) is 5.73 Å². The van der Waals surface area contributed by atoms with Gasteiger partial charge >= 0.3 is 11.8 Å². The highest BCUT2D eigenvalue weighted by molar-refractivity contribution is 6.31. The van der Waals surface area contributed by atoms with Crippen molar-refractivity contribution in [2.45, 2.75) is 52.6 Å². The molecule has 4 aromatic heterocycles. The van der Waals surface area contributed by atoms with Crippen LogP contribution in [0.4, 0.5) is 5.69 Å².